The summed E-state index contributed by atoms with van der Waals surface area (Å²) in [6.07, 6.45) is 0.244. The Morgan fingerprint density at radius 1 is 1.39 bits per heavy atom. The Kier molecular flexibility index (Phi) is 6.79. The minimum atomic E-state index is -0.229. The second kappa shape index (κ2) is 7.85. The average Bonchev–Trinajstić information content (AvgIpc) is 2.32. The highest BCUT2D eigenvalue weighted by Gasteiger charge is 2.08. The van der Waals surface area contributed by atoms with Gasteiger partial charge < -0.3 is 10.1 Å². The third-order valence-electron chi connectivity index (χ3n) is 2.22. The van der Waals surface area contributed by atoms with Crippen LogP contribution in [0.2, 0.25) is 10.0 Å². The van der Waals surface area contributed by atoms with Gasteiger partial charge in [-0.05, 0) is 17.7 Å². The number of hydrogen-bond acceptors (Lipinski definition) is 2. The normalized spacial score (nSPS) is 12.2. The van der Waals surface area contributed by atoms with Crippen molar-refractivity contribution in [1.82, 2.24) is 5.32 Å². The van der Waals surface area contributed by atoms with Crippen molar-refractivity contribution in [3.63, 3.8) is 0 Å². The van der Waals surface area contributed by atoms with E-state index in [2.05, 4.69) is 5.32 Å². The van der Waals surface area contributed by atoms with Gasteiger partial charge in [-0.25, -0.2) is 0 Å². The number of rotatable bonds is 6. The van der Waals surface area contributed by atoms with Crippen LogP contribution in [0.4, 0.5) is 0 Å². The lowest BCUT2D eigenvalue weighted by Gasteiger charge is -2.10. The molecule has 0 fully saturated rings. The van der Waals surface area contributed by atoms with Gasteiger partial charge in [0, 0.05) is 13.7 Å². The first kappa shape index (κ1) is 15.6. The maximum atomic E-state index is 11.6. The van der Waals surface area contributed by atoms with Crippen LogP contribution in [-0.2, 0) is 16.0 Å². The van der Waals surface area contributed by atoms with Crippen molar-refractivity contribution >= 4 is 40.7 Å². The van der Waals surface area contributed by atoms with Crippen molar-refractivity contribution < 1.29 is 9.53 Å². The predicted octanol–water partition coefficient (Wildman–Crippen LogP) is 2.91. The Morgan fingerprint density at radius 3 is 2.72 bits per heavy atom. The summed E-state index contributed by atoms with van der Waals surface area (Å²) < 4.78 is 4.87. The Bertz CT molecular complexity index is 412. The summed E-state index contributed by atoms with van der Waals surface area (Å²) in [7, 11) is 1.56. The maximum Gasteiger partial charge on any atom is 0.224 e. The molecule has 1 N–H and O–H groups in total. The highest BCUT2D eigenvalue weighted by Crippen LogP contribution is 2.22. The molecule has 1 amide bonds. The molecule has 1 aromatic carbocycles. The van der Waals surface area contributed by atoms with Crippen LogP contribution >= 0.6 is 34.8 Å². The lowest BCUT2D eigenvalue weighted by Crippen LogP contribution is -2.32. The van der Waals surface area contributed by atoms with Crippen molar-refractivity contribution in [3.05, 3.63) is 33.8 Å². The van der Waals surface area contributed by atoms with Crippen LogP contribution < -0.4 is 5.32 Å². The van der Waals surface area contributed by atoms with E-state index >= 15 is 0 Å². The molecule has 0 saturated heterocycles. The highest BCUT2D eigenvalue weighted by molar-refractivity contribution is 6.42. The molecule has 0 bridgehead atoms. The van der Waals surface area contributed by atoms with Crippen LogP contribution in [0.5, 0.6) is 0 Å². The molecule has 1 rings (SSSR count). The second-order valence-corrected chi connectivity index (χ2v) is 5.21. The Labute approximate surface area is 121 Å². The highest BCUT2D eigenvalue weighted by atomic mass is 35.5. The molecule has 0 aliphatic carbocycles. The minimum absolute atomic E-state index is 0.116. The van der Waals surface area contributed by atoms with Gasteiger partial charge in [0.25, 0.3) is 0 Å². The first-order valence-electron chi connectivity index (χ1n) is 5.36. The Balaban J connectivity index is 2.42. The van der Waals surface area contributed by atoms with E-state index in [1.165, 1.54) is 0 Å². The van der Waals surface area contributed by atoms with E-state index in [-0.39, 0.29) is 17.7 Å². The zero-order chi connectivity index (χ0) is 13.5. The quantitative estimate of drug-likeness (QED) is 0.821. The van der Waals surface area contributed by atoms with Crippen LogP contribution in [0, 0.1) is 0 Å². The molecule has 1 atom stereocenters. The van der Waals surface area contributed by atoms with E-state index < -0.39 is 0 Å². The third-order valence-corrected chi connectivity index (χ3v) is 3.24. The molecule has 1 aromatic rings. The van der Waals surface area contributed by atoms with Crippen molar-refractivity contribution in [1.29, 1.82) is 0 Å². The summed E-state index contributed by atoms with van der Waals surface area (Å²) in [6, 6.07) is 5.11. The van der Waals surface area contributed by atoms with E-state index in [1.54, 1.807) is 25.3 Å². The van der Waals surface area contributed by atoms with Crippen molar-refractivity contribution in [3.8, 4) is 0 Å². The standard InChI is InChI=1S/C12H14Cl3NO2/c1-18-7-9(13)6-16-12(17)5-8-2-3-10(14)11(15)4-8/h2-4,9H,5-7H2,1H3,(H,16,17). The molecule has 1 unspecified atom stereocenters. The number of nitrogens with one attached hydrogen (secondary N) is 1. The monoisotopic (exact) mass is 309 g/mol. The summed E-state index contributed by atoms with van der Waals surface area (Å²) in [6.45, 7) is 0.768. The Morgan fingerprint density at radius 2 is 2.11 bits per heavy atom. The SMILES string of the molecule is COCC(Cl)CNC(=O)Cc1ccc(Cl)c(Cl)c1. The van der Waals surface area contributed by atoms with Crippen molar-refractivity contribution in [2.75, 3.05) is 20.3 Å². The van der Waals surface area contributed by atoms with Gasteiger partial charge in [-0.2, -0.15) is 0 Å². The topological polar surface area (TPSA) is 38.3 Å². The molecule has 0 aliphatic heterocycles. The molecule has 100 valence electrons. The van der Waals surface area contributed by atoms with Crippen molar-refractivity contribution in [2.24, 2.45) is 0 Å². The molecule has 0 spiro atoms. The fourth-order valence-electron chi connectivity index (χ4n) is 1.36. The lowest BCUT2D eigenvalue weighted by molar-refractivity contribution is -0.120. The van der Waals surface area contributed by atoms with Crippen LogP contribution in [0.3, 0.4) is 0 Å². The first-order valence-corrected chi connectivity index (χ1v) is 6.55. The van der Waals surface area contributed by atoms with Crippen LogP contribution in [0.15, 0.2) is 18.2 Å². The second-order valence-electron chi connectivity index (χ2n) is 3.78. The molecule has 0 heterocycles. The van der Waals surface area contributed by atoms with Gasteiger partial charge in [0.15, 0.2) is 0 Å². The van der Waals surface area contributed by atoms with Crippen molar-refractivity contribution in [2.45, 2.75) is 11.8 Å². The number of carbonyl (C=O) groups is 1. The summed E-state index contributed by atoms with van der Waals surface area (Å²) in [5, 5.41) is 3.41. The number of ether oxygens (including phenoxy) is 1. The van der Waals surface area contributed by atoms with Crippen LogP contribution in [-0.4, -0.2) is 31.5 Å². The van der Waals surface area contributed by atoms with E-state index in [4.69, 9.17) is 39.5 Å². The molecule has 0 aromatic heterocycles. The fourth-order valence-corrected chi connectivity index (χ4v) is 1.89. The predicted molar refractivity (Wildman–Crippen MR) is 74.7 cm³/mol. The molecule has 0 saturated carbocycles. The molecule has 6 heteroatoms. The Hall–Kier alpha value is -0.480. The zero-order valence-corrected chi connectivity index (χ0v) is 12.1. The average molecular weight is 311 g/mol. The van der Waals surface area contributed by atoms with Crippen LogP contribution in [0.1, 0.15) is 5.56 Å². The summed E-state index contributed by atoms with van der Waals surface area (Å²) in [5.41, 5.74) is 0.805. The first-order chi connectivity index (χ1) is 8.52. The molecular weight excluding hydrogens is 296 g/mol. The number of amides is 1. The smallest absolute Gasteiger partial charge is 0.224 e. The van der Waals surface area contributed by atoms with Gasteiger partial charge in [-0.1, -0.05) is 29.3 Å². The fraction of sp³-hybridized carbons (Fsp3) is 0.417. The molecular formula is C12H14Cl3NO2. The molecule has 18 heavy (non-hydrogen) atoms. The molecule has 3 nitrogen and oxygen atoms in total. The number of benzene rings is 1. The number of carbonyl (C=O) groups excluding carboxylic acids is 1. The number of hydrogen-bond donors (Lipinski definition) is 1. The van der Waals surface area contributed by atoms with Gasteiger partial charge in [0.1, 0.15) is 0 Å². The largest absolute Gasteiger partial charge is 0.383 e. The van der Waals surface area contributed by atoms with E-state index in [0.717, 1.165) is 5.56 Å². The molecule has 0 aliphatic rings. The van der Waals surface area contributed by atoms with Gasteiger partial charge in [0.2, 0.25) is 5.91 Å². The van der Waals surface area contributed by atoms with Crippen LogP contribution in [0.25, 0.3) is 0 Å². The number of methoxy groups -OCH3 is 1. The summed E-state index contributed by atoms with van der Waals surface area (Å²) in [5.74, 6) is -0.116. The maximum absolute atomic E-state index is 11.6. The molecule has 0 radical (unpaired) electrons. The van der Waals surface area contributed by atoms with E-state index in [0.29, 0.717) is 23.2 Å². The van der Waals surface area contributed by atoms with Gasteiger partial charge in [-0.15, -0.1) is 11.6 Å². The number of alkyl halides is 1. The number of halogens is 3. The van der Waals surface area contributed by atoms with Gasteiger partial charge in [0.05, 0.1) is 28.5 Å². The third kappa shape index (κ3) is 5.44. The summed E-state index contributed by atoms with van der Waals surface area (Å²) >= 11 is 17.6. The summed E-state index contributed by atoms with van der Waals surface area (Å²) in [4.78, 5) is 11.6. The lowest BCUT2D eigenvalue weighted by atomic mass is 10.1. The van der Waals surface area contributed by atoms with E-state index in [9.17, 15) is 4.79 Å². The minimum Gasteiger partial charge on any atom is -0.383 e. The van der Waals surface area contributed by atoms with Gasteiger partial charge >= 0.3 is 0 Å². The zero-order valence-electron chi connectivity index (χ0n) is 9.88. The van der Waals surface area contributed by atoms with Gasteiger partial charge in [-0.3, -0.25) is 4.79 Å². The van der Waals surface area contributed by atoms with E-state index in [1.807, 2.05) is 0 Å².